The maximum atomic E-state index is 12.2. The molecule has 1 fully saturated rings. The van der Waals surface area contributed by atoms with Gasteiger partial charge in [0.05, 0.1) is 13.7 Å². The van der Waals surface area contributed by atoms with Crippen LogP contribution in [-0.2, 0) is 24.3 Å². The van der Waals surface area contributed by atoms with Crippen molar-refractivity contribution in [1.29, 1.82) is 0 Å². The topological polar surface area (TPSA) is 81.5 Å². The highest BCUT2D eigenvalue weighted by Crippen LogP contribution is 2.28. The molecule has 1 saturated heterocycles. The number of methoxy groups -OCH3 is 1. The summed E-state index contributed by atoms with van der Waals surface area (Å²) in [5.74, 6) is 2.35. The zero-order chi connectivity index (χ0) is 19.3. The zero-order valence-electron chi connectivity index (χ0n) is 16.3. The molecule has 2 aliphatic heterocycles. The second-order valence-electron chi connectivity index (χ2n) is 7.34. The van der Waals surface area contributed by atoms with Gasteiger partial charge in [0.1, 0.15) is 12.2 Å². The van der Waals surface area contributed by atoms with E-state index < -0.39 is 0 Å². The van der Waals surface area contributed by atoms with Crippen LogP contribution < -0.4 is 14.8 Å². The van der Waals surface area contributed by atoms with Gasteiger partial charge in [-0.15, -0.1) is 0 Å². The number of rotatable bonds is 7. The first-order valence-electron chi connectivity index (χ1n) is 9.90. The SMILES string of the molecule is COc1cc(CN[C@@H]2CCc3ncnn3C2)ccc1OCC(=O)N1CCCC1. The lowest BCUT2D eigenvalue weighted by atomic mass is 10.1. The summed E-state index contributed by atoms with van der Waals surface area (Å²) in [4.78, 5) is 18.3. The van der Waals surface area contributed by atoms with Crippen molar-refractivity contribution < 1.29 is 14.3 Å². The second-order valence-corrected chi connectivity index (χ2v) is 7.34. The molecule has 1 amide bonds. The van der Waals surface area contributed by atoms with Gasteiger partial charge in [0, 0.05) is 32.1 Å². The van der Waals surface area contributed by atoms with Crippen LogP contribution in [0.3, 0.4) is 0 Å². The van der Waals surface area contributed by atoms with E-state index in [0.717, 1.165) is 63.3 Å². The maximum Gasteiger partial charge on any atom is 0.260 e. The number of hydrogen-bond donors (Lipinski definition) is 1. The molecule has 1 aromatic heterocycles. The molecule has 1 aromatic carbocycles. The Kier molecular flexibility index (Phi) is 5.76. The van der Waals surface area contributed by atoms with Crippen molar-refractivity contribution in [2.45, 2.75) is 44.8 Å². The molecule has 0 unspecified atom stereocenters. The van der Waals surface area contributed by atoms with Crippen LogP contribution in [0, 0.1) is 0 Å². The number of ether oxygens (including phenoxy) is 2. The van der Waals surface area contributed by atoms with Crippen LogP contribution >= 0.6 is 0 Å². The smallest absolute Gasteiger partial charge is 0.260 e. The van der Waals surface area contributed by atoms with Crippen molar-refractivity contribution in [3.8, 4) is 11.5 Å². The van der Waals surface area contributed by atoms with Crippen LogP contribution in [0.2, 0.25) is 0 Å². The van der Waals surface area contributed by atoms with Gasteiger partial charge in [0.25, 0.3) is 5.91 Å². The Morgan fingerprint density at radius 3 is 2.96 bits per heavy atom. The van der Waals surface area contributed by atoms with Crippen LogP contribution in [0.5, 0.6) is 11.5 Å². The van der Waals surface area contributed by atoms with Gasteiger partial charge < -0.3 is 19.7 Å². The Balaban J connectivity index is 1.31. The van der Waals surface area contributed by atoms with Gasteiger partial charge in [0.2, 0.25) is 0 Å². The van der Waals surface area contributed by atoms with Crippen LogP contribution in [0.1, 0.15) is 30.7 Å². The summed E-state index contributed by atoms with van der Waals surface area (Å²) in [6, 6.07) is 6.22. The lowest BCUT2D eigenvalue weighted by Crippen LogP contribution is -2.37. The molecule has 150 valence electrons. The Morgan fingerprint density at radius 2 is 2.14 bits per heavy atom. The van der Waals surface area contributed by atoms with Crippen molar-refractivity contribution >= 4 is 5.91 Å². The third kappa shape index (κ3) is 4.27. The van der Waals surface area contributed by atoms with Crippen molar-refractivity contribution in [3.05, 3.63) is 35.9 Å². The number of aryl methyl sites for hydroxylation is 1. The van der Waals surface area contributed by atoms with E-state index in [1.165, 1.54) is 0 Å². The minimum atomic E-state index is 0.0371. The van der Waals surface area contributed by atoms with E-state index in [-0.39, 0.29) is 12.5 Å². The molecule has 1 atom stereocenters. The molecular weight excluding hydrogens is 358 g/mol. The minimum absolute atomic E-state index is 0.0371. The molecule has 0 bridgehead atoms. The van der Waals surface area contributed by atoms with Gasteiger partial charge in [-0.2, -0.15) is 5.10 Å². The number of carbonyl (C=O) groups excluding carboxylic acids is 1. The van der Waals surface area contributed by atoms with Crippen LogP contribution in [0.25, 0.3) is 0 Å². The number of amides is 1. The fourth-order valence-corrected chi connectivity index (χ4v) is 3.80. The normalized spacial score (nSPS) is 18.8. The highest BCUT2D eigenvalue weighted by molar-refractivity contribution is 5.78. The summed E-state index contributed by atoms with van der Waals surface area (Å²) < 4.78 is 13.2. The number of benzene rings is 1. The molecular formula is C20H27N5O3. The predicted octanol–water partition coefficient (Wildman–Crippen LogP) is 1.39. The molecule has 0 saturated carbocycles. The van der Waals surface area contributed by atoms with Gasteiger partial charge in [-0.25, -0.2) is 9.67 Å². The van der Waals surface area contributed by atoms with Gasteiger partial charge in [0.15, 0.2) is 18.1 Å². The maximum absolute atomic E-state index is 12.2. The van der Waals surface area contributed by atoms with E-state index in [0.29, 0.717) is 17.5 Å². The Bertz CT molecular complexity index is 816. The van der Waals surface area contributed by atoms with Crippen LogP contribution in [0.4, 0.5) is 0 Å². The molecule has 28 heavy (non-hydrogen) atoms. The predicted molar refractivity (Wildman–Crippen MR) is 103 cm³/mol. The Morgan fingerprint density at radius 1 is 1.29 bits per heavy atom. The summed E-state index contributed by atoms with van der Waals surface area (Å²) >= 11 is 0. The lowest BCUT2D eigenvalue weighted by molar-refractivity contribution is -0.132. The summed E-state index contributed by atoms with van der Waals surface area (Å²) in [7, 11) is 1.62. The molecule has 2 aromatic rings. The highest BCUT2D eigenvalue weighted by atomic mass is 16.5. The molecule has 8 nitrogen and oxygen atoms in total. The van der Waals surface area contributed by atoms with Gasteiger partial charge in [-0.05, 0) is 37.0 Å². The van der Waals surface area contributed by atoms with Crippen LogP contribution in [-0.4, -0.2) is 58.4 Å². The molecule has 0 radical (unpaired) electrons. The van der Waals surface area contributed by atoms with E-state index in [9.17, 15) is 4.79 Å². The van der Waals surface area contributed by atoms with Gasteiger partial charge >= 0.3 is 0 Å². The molecule has 1 N–H and O–H groups in total. The lowest BCUT2D eigenvalue weighted by Gasteiger charge is -2.24. The fourth-order valence-electron chi connectivity index (χ4n) is 3.80. The zero-order valence-corrected chi connectivity index (χ0v) is 16.3. The third-order valence-corrected chi connectivity index (χ3v) is 5.44. The van der Waals surface area contributed by atoms with E-state index >= 15 is 0 Å². The highest BCUT2D eigenvalue weighted by Gasteiger charge is 2.20. The van der Waals surface area contributed by atoms with E-state index in [4.69, 9.17) is 9.47 Å². The number of fused-ring (bicyclic) bond motifs is 1. The fraction of sp³-hybridized carbons (Fsp3) is 0.550. The van der Waals surface area contributed by atoms with Crippen LogP contribution in [0.15, 0.2) is 24.5 Å². The molecule has 4 rings (SSSR count). The average molecular weight is 385 g/mol. The standard InChI is InChI=1S/C20H27N5O3/c1-27-18-10-15(11-21-16-5-7-19-22-14-23-25(19)12-16)4-6-17(18)28-13-20(26)24-8-2-3-9-24/h4,6,10,14,16,21H,2-3,5,7-9,11-13H2,1H3/t16-/m1/s1. The first-order valence-corrected chi connectivity index (χ1v) is 9.90. The van der Waals surface area contributed by atoms with Gasteiger partial charge in [-0.1, -0.05) is 6.07 Å². The van der Waals surface area contributed by atoms with Crippen molar-refractivity contribution in [1.82, 2.24) is 25.0 Å². The third-order valence-electron chi connectivity index (χ3n) is 5.44. The van der Waals surface area contributed by atoms with Crippen molar-refractivity contribution in [3.63, 3.8) is 0 Å². The quantitative estimate of drug-likeness (QED) is 0.776. The summed E-state index contributed by atoms with van der Waals surface area (Å²) in [5, 5.41) is 7.84. The monoisotopic (exact) mass is 385 g/mol. The first-order chi connectivity index (χ1) is 13.7. The molecule has 3 heterocycles. The Labute approximate surface area is 164 Å². The van der Waals surface area contributed by atoms with E-state index in [1.54, 1.807) is 13.4 Å². The molecule has 8 heteroatoms. The molecule has 0 spiro atoms. The largest absolute Gasteiger partial charge is 0.493 e. The van der Waals surface area contributed by atoms with Crippen molar-refractivity contribution in [2.75, 3.05) is 26.8 Å². The minimum Gasteiger partial charge on any atom is -0.493 e. The Hall–Kier alpha value is -2.61. The number of carbonyl (C=O) groups is 1. The number of nitrogens with zero attached hydrogens (tertiary/aromatic N) is 4. The van der Waals surface area contributed by atoms with Gasteiger partial charge in [-0.3, -0.25) is 4.79 Å². The molecule has 0 aliphatic carbocycles. The first kappa shape index (κ1) is 18.7. The second kappa shape index (κ2) is 8.60. The number of nitrogens with one attached hydrogen (secondary N) is 1. The van der Waals surface area contributed by atoms with Crippen molar-refractivity contribution in [2.24, 2.45) is 0 Å². The number of aromatic nitrogens is 3. The number of hydrogen-bond acceptors (Lipinski definition) is 6. The molecule has 2 aliphatic rings. The summed E-state index contributed by atoms with van der Waals surface area (Å²) in [5.41, 5.74) is 1.11. The summed E-state index contributed by atoms with van der Waals surface area (Å²) in [6.07, 6.45) is 5.77. The average Bonchev–Trinajstić information content (AvgIpc) is 3.42. The van der Waals surface area contributed by atoms with E-state index in [2.05, 4.69) is 15.4 Å². The van der Waals surface area contributed by atoms with E-state index in [1.807, 2.05) is 27.8 Å². The summed E-state index contributed by atoms with van der Waals surface area (Å²) in [6.45, 7) is 3.29. The number of likely N-dealkylation sites (tertiary alicyclic amines) is 1.